The molecule has 0 aliphatic carbocycles. The molecule has 0 saturated heterocycles. The molecule has 2 rings (SSSR count). The highest BCUT2D eigenvalue weighted by atomic mass is 35.5. The minimum atomic E-state index is -3.18. The standard InChI is InChI=1S/C11H11ClN2O2S2/c1-18(15,16)13-6-11-14-10(7-17-11)8-2-4-9(12)5-3-8/h2-5,7,13H,6H2,1H3. The van der Waals surface area contributed by atoms with Gasteiger partial charge in [-0.3, -0.25) is 0 Å². The van der Waals surface area contributed by atoms with Gasteiger partial charge < -0.3 is 0 Å². The first-order chi connectivity index (χ1) is 8.44. The van der Waals surface area contributed by atoms with Crippen LogP contribution in [0.15, 0.2) is 29.6 Å². The third kappa shape index (κ3) is 3.78. The van der Waals surface area contributed by atoms with E-state index in [9.17, 15) is 8.42 Å². The molecule has 1 aromatic heterocycles. The summed E-state index contributed by atoms with van der Waals surface area (Å²) in [5, 5.41) is 3.29. The molecule has 0 unspecified atom stereocenters. The number of rotatable bonds is 4. The van der Waals surface area contributed by atoms with Crippen LogP contribution in [0.25, 0.3) is 11.3 Å². The molecule has 1 aromatic carbocycles. The Bertz CT molecular complexity index is 635. The van der Waals surface area contributed by atoms with Gasteiger partial charge in [-0.25, -0.2) is 18.1 Å². The molecule has 96 valence electrons. The Labute approximate surface area is 115 Å². The second-order valence-corrected chi connectivity index (χ2v) is 6.94. The molecule has 0 spiro atoms. The van der Waals surface area contributed by atoms with Gasteiger partial charge in [0.05, 0.1) is 18.5 Å². The van der Waals surface area contributed by atoms with Crippen LogP contribution in [0.2, 0.25) is 5.02 Å². The van der Waals surface area contributed by atoms with Crippen molar-refractivity contribution in [1.82, 2.24) is 9.71 Å². The summed E-state index contributed by atoms with van der Waals surface area (Å²) in [5.41, 5.74) is 1.78. The summed E-state index contributed by atoms with van der Waals surface area (Å²) in [4.78, 5) is 4.36. The van der Waals surface area contributed by atoms with Crippen LogP contribution in [0.4, 0.5) is 0 Å². The molecule has 0 aliphatic rings. The molecule has 0 fully saturated rings. The molecule has 1 heterocycles. The van der Waals surface area contributed by atoms with Crippen LogP contribution in [-0.2, 0) is 16.6 Å². The van der Waals surface area contributed by atoms with E-state index in [-0.39, 0.29) is 6.54 Å². The van der Waals surface area contributed by atoms with Crippen LogP contribution < -0.4 is 4.72 Å². The lowest BCUT2D eigenvalue weighted by Gasteiger charge is -1.98. The molecular weight excluding hydrogens is 292 g/mol. The van der Waals surface area contributed by atoms with Gasteiger partial charge in [0.2, 0.25) is 10.0 Å². The Morgan fingerprint density at radius 2 is 2.00 bits per heavy atom. The van der Waals surface area contributed by atoms with Crippen molar-refractivity contribution in [3.05, 3.63) is 39.7 Å². The van der Waals surface area contributed by atoms with Crippen molar-refractivity contribution in [3.8, 4) is 11.3 Å². The van der Waals surface area contributed by atoms with Crippen molar-refractivity contribution in [1.29, 1.82) is 0 Å². The quantitative estimate of drug-likeness (QED) is 0.944. The van der Waals surface area contributed by atoms with Crippen LogP contribution in [0.5, 0.6) is 0 Å². The summed E-state index contributed by atoms with van der Waals surface area (Å²) in [5.74, 6) is 0. The monoisotopic (exact) mass is 302 g/mol. The van der Waals surface area contributed by atoms with Gasteiger partial charge in [0.15, 0.2) is 0 Å². The number of nitrogens with one attached hydrogen (secondary N) is 1. The number of halogens is 1. The highest BCUT2D eigenvalue weighted by Crippen LogP contribution is 2.23. The average molecular weight is 303 g/mol. The van der Waals surface area contributed by atoms with E-state index in [1.165, 1.54) is 11.3 Å². The van der Waals surface area contributed by atoms with Gasteiger partial charge in [0.25, 0.3) is 0 Å². The minimum absolute atomic E-state index is 0.219. The van der Waals surface area contributed by atoms with E-state index >= 15 is 0 Å². The number of nitrogens with zero attached hydrogens (tertiary/aromatic N) is 1. The fraction of sp³-hybridized carbons (Fsp3) is 0.182. The van der Waals surface area contributed by atoms with Gasteiger partial charge in [-0.15, -0.1) is 11.3 Å². The smallest absolute Gasteiger partial charge is 0.209 e. The molecule has 0 atom stereocenters. The molecule has 0 radical (unpaired) electrons. The number of hydrogen-bond donors (Lipinski definition) is 1. The molecule has 18 heavy (non-hydrogen) atoms. The molecule has 1 N–H and O–H groups in total. The summed E-state index contributed by atoms with van der Waals surface area (Å²) in [6, 6.07) is 7.35. The fourth-order valence-corrected chi connectivity index (χ4v) is 2.70. The third-order valence-corrected chi connectivity index (χ3v) is 3.95. The maximum absolute atomic E-state index is 11.0. The Hall–Kier alpha value is -0.950. The van der Waals surface area contributed by atoms with Gasteiger partial charge in [-0.2, -0.15) is 0 Å². The third-order valence-electron chi connectivity index (χ3n) is 2.18. The number of aromatic nitrogens is 1. The summed E-state index contributed by atoms with van der Waals surface area (Å²) >= 11 is 7.23. The Kier molecular flexibility index (Phi) is 4.01. The summed E-state index contributed by atoms with van der Waals surface area (Å²) in [6.45, 7) is 0.219. The first-order valence-electron chi connectivity index (χ1n) is 5.09. The highest BCUT2D eigenvalue weighted by molar-refractivity contribution is 7.88. The molecule has 0 amide bonds. The summed E-state index contributed by atoms with van der Waals surface area (Å²) in [6.07, 6.45) is 1.13. The van der Waals surface area contributed by atoms with E-state index in [0.717, 1.165) is 22.5 Å². The van der Waals surface area contributed by atoms with Gasteiger partial charge in [0.1, 0.15) is 5.01 Å². The van der Waals surface area contributed by atoms with Crippen LogP contribution in [0, 0.1) is 0 Å². The maximum atomic E-state index is 11.0. The SMILES string of the molecule is CS(=O)(=O)NCc1nc(-c2ccc(Cl)cc2)cs1. The Morgan fingerprint density at radius 1 is 1.33 bits per heavy atom. The van der Waals surface area contributed by atoms with E-state index in [1.54, 1.807) is 12.1 Å². The minimum Gasteiger partial charge on any atom is -0.240 e. The number of benzene rings is 1. The van der Waals surface area contributed by atoms with Crippen LogP contribution in [0.1, 0.15) is 5.01 Å². The number of hydrogen-bond acceptors (Lipinski definition) is 4. The normalized spacial score (nSPS) is 11.7. The number of sulfonamides is 1. The molecule has 7 heteroatoms. The molecule has 0 aliphatic heterocycles. The van der Waals surface area contributed by atoms with Crippen LogP contribution in [-0.4, -0.2) is 19.7 Å². The van der Waals surface area contributed by atoms with E-state index < -0.39 is 10.0 Å². The predicted molar refractivity (Wildman–Crippen MR) is 74.2 cm³/mol. The number of thiazole rings is 1. The van der Waals surface area contributed by atoms with Crippen LogP contribution in [0.3, 0.4) is 0 Å². The zero-order chi connectivity index (χ0) is 13.2. The van der Waals surface area contributed by atoms with Gasteiger partial charge in [-0.1, -0.05) is 23.7 Å². The van der Waals surface area contributed by atoms with E-state index in [0.29, 0.717) is 5.02 Å². The van der Waals surface area contributed by atoms with E-state index in [4.69, 9.17) is 11.6 Å². The van der Waals surface area contributed by atoms with Crippen molar-refractivity contribution >= 4 is 33.0 Å². The van der Waals surface area contributed by atoms with Gasteiger partial charge in [-0.05, 0) is 12.1 Å². The van der Waals surface area contributed by atoms with Crippen molar-refractivity contribution in [2.24, 2.45) is 0 Å². The zero-order valence-electron chi connectivity index (χ0n) is 9.55. The molecular formula is C11H11ClN2O2S2. The zero-order valence-corrected chi connectivity index (χ0v) is 11.9. The lowest BCUT2D eigenvalue weighted by molar-refractivity contribution is 0.587. The summed E-state index contributed by atoms with van der Waals surface area (Å²) in [7, 11) is -3.18. The van der Waals surface area contributed by atoms with E-state index in [2.05, 4.69) is 9.71 Å². The lowest BCUT2D eigenvalue weighted by Crippen LogP contribution is -2.21. The van der Waals surface area contributed by atoms with Crippen molar-refractivity contribution in [2.75, 3.05) is 6.26 Å². The van der Waals surface area contributed by atoms with Crippen molar-refractivity contribution in [3.63, 3.8) is 0 Å². The van der Waals surface area contributed by atoms with Crippen molar-refractivity contribution in [2.45, 2.75) is 6.54 Å². The van der Waals surface area contributed by atoms with Crippen molar-refractivity contribution < 1.29 is 8.42 Å². The molecule has 0 saturated carbocycles. The molecule has 0 bridgehead atoms. The fourth-order valence-electron chi connectivity index (χ4n) is 1.34. The first-order valence-corrected chi connectivity index (χ1v) is 8.24. The van der Waals surface area contributed by atoms with Crippen LogP contribution >= 0.6 is 22.9 Å². The average Bonchev–Trinajstić information content (AvgIpc) is 2.75. The molecule has 4 nitrogen and oxygen atoms in total. The lowest BCUT2D eigenvalue weighted by atomic mass is 10.2. The van der Waals surface area contributed by atoms with Gasteiger partial charge in [0, 0.05) is 16.0 Å². The predicted octanol–water partition coefficient (Wildman–Crippen LogP) is 2.51. The second kappa shape index (κ2) is 5.36. The largest absolute Gasteiger partial charge is 0.240 e. The summed E-state index contributed by atoms with van der Waals surface area (Å²) < 4.78 is 24.4. The maximum Gasteiger partial charge on any atom is 0.209 e. The topological polar surface area (TPSA) is 59.1 Å². The van der Waals surface area contributed by atoms with Gasteiger partial charge >= 0.3 is 0 Å². The first kappa shape index (κ1) is 13.5. The second-order valence-electron chi connectivity index (χ2n) is 3.73. The Balaban J connectivity index is 2.13. The Morgan fingerprint density at radius 3 is 2.61 bits per heavy atom. The highest BCUT2D eigenvalue weighted by Gasteiger charge is 2.07. The van der Waals surface area contributed by atoms with E-state index in [1.807, 2.05) is 17.5 Å². The molecule has 2 aromatic rings.